The first kappa shape index (κ1) is 33.6. The van der Waals surface area contributed by atoms with Crippen LogP contribution >= 0.6 is 0 Å². The summed E-state index contributed by atoms with van der Waals surface area (Å²) in [5, 5.41) is 7.15. The Balaban J connectivity index is 1.04. The summed E-state index contributed by atoms with van der Waals surface area (Å²) < 4.78 is 6.78. The minimum Gasteiger partial charge on any atom is -0.454 e. The second-order valence-electron chi connectivity index (χ2n) is 14.9. The zero-order chi connectivity index (χ0) is 38.4. The number of anilines is 3. The molecule has 0 unspecified atom stereocenters. The molecule has 1 heterocycles. The largest absolute Gasteiger partial charge is 0.454 e. The molecule has 0 aliphatic rings. The van der Waals surface area contributed by atoms with Gasteiger partial charge in [0.15, 0.2) is 5.58 Å². The molecule has 0 atom stereocenters. The molecule has 0 aliphatic carbocycles. The summed E-state index contributed by atoms with van der Waals surface area (Å²) >= 11 is 0. The Labute approximate surface area is 337 Å². The van der Waals surface area contributed by atoms with E-state index in [4.69, 9.17) is 4.42 Å². The van der Waals surface area contributed by atoms with Crippen molar-refractivity contribution in [1.29, 1.82) is 0 Å². The highest BCUT2D eigenvalue weighted by Crippen LogP contribution is 2.44. The van der Waals surface area contributed by atoms with Gasteiger partial charge in [-0.3, -0.25) is 0 Å². The molecule has 11 aromatic rings. The second kappa shape index (κ2) is 14.1. The lowest BCUT2D eigenvalue weighted by atomic mass is 9.95. The van der Waals surface area contributed by atoms with E-state index in [0.717, 1.165) is 44.6 Å². The van der Waals surface area contributed by atoms with Crippen molar-refractivity contribution in [3.63, 3.8) is 0 Å². The highest BCUT2D eigenvalue weighted by atomic mass is 16.3. The normalized spacial score (nSPS) is 11.4. The van der Waals surface area contributed by atoms with E-state index in [9.17, 15) is 0 Å². The van der Waals surface area contributed by atoms with Gasteiger partial charge in [-0.15, -0.1) is 0 Å². The fraction of sp³-hybridized carbons (Fsp3) is 0. The topological polar surface area (TPSA) is 16.4 Å². The highest BCUT2D eigenvalue weighted by molar-refractivity contribution is 6.11. The van der Waals surface area contributed by atoms with Gasteiger partial charge in [0.25, 0.3) is 0 Å². The fourth-order valence-electron chi connectivity index (χ4n) is 8.59. The minimum absolute atomic E-state index is 0.855. The predicted molar refractivity (Wildman–Crippen MR) is 245 cm³/mol. The number of furan rings is 1. The van der Waals surface area contributed by atoms with E-state index >= 15 is 0 Å². The van der Waals surface area contributed by atoms with Crippen LogP contribution in [-0.2, 0) is 0 Å². The van der Waals surface area contributed by atoms with E-state index < -0.39 is 0 Å². The number of benzene rings is 10. The Morgan fingerprint density at radius 1 is 0.293 bits per heavy atom. The van der Waals surface area contributed by atoms with E-state index in [0.29, 0.717) is 0 Å². The summed E-state index contributed by atoms with van der Waals surface area (Å²) in [4.78, 5) is 2.33. The van der Waals surface area contributed by atoms with Crippen LogP contribution in [0.2, 0.25) is 0 Å². The molecule has 0 bridgehead atoms. The van der Waals surface area contributed by atoms with Gasteiger partial charge in [-0.05, 0) is 115 Å². The van der Waals surface area contributed by atoms with Gasteiger partial charge in [-0.25, -0.2) is 0 Å². The third-order valence-corrected chi connectivity index (χ3v) is 11.5. The Morgan fingerprint density at radius 2 is 0.776 bits per heavy atom. The third-order valence-electron chi connectivity index (χ3n) is 11.5. The Morgan fingerprint density at radius 3 is 1.50 bits per heavy atom. The van der Waals surface area contributed by atoms with Crippen molar-refractivity contribution < 1.29 is 4.42 Å². The van der Waals surface area contributed by atoms with Crippen LogP contribution in [0.15, 0.2) is 229 Å². The van der Waals surface area contributed by atoms with E-state index in [2.05, 4.69) is 229 Å². The molecule has 2 nitrogen and oxygen atoms in total. The smallest absolute Gasteiger partial charge is 0.159 e. The van der Waals surface area contributed by atoms with Gasteiger partial charge in [-0.1, -0.05) is 176 Å². The molecule has 0 saturated heterocycles. The summed E-state index contributed by atoms with van der Waals surface area (Å²) in [6.07, 6.45) is 0. The number of rotatable bonds is 7. The molecule has 11 rings (SSSR count). The number of nitrogens with zero attached hydrogens (tertiary/aromatic N) is 1. The maximum absolute atomic E-state index is 6.78. The van der Waals surface area contributed by atoms with Gasteiger partial charge in [0.05, 0.1) is 5.69 Å². The Hall–Kier alpha value is -7.68. The summed E-state index contributed by atoms with van der Waals surface area (Å²) in [5.74, 6) is 0. The first-order chi connectivity index (χ1) is 28.7. The van der Waals surface area contributed by atoms with Crippen LogP contribution in [0.1, 0.15) is 0 Å². The van der Waals surface area contributed by atoms with Gasteiger partial charge in [0.1, 0.15) is 5.58 Å². The van der Waals surface area contributed by atoms with Crippen molar-refractivity contribution in [2.24, 2.45) is 0 Å². The summed E-state index contributed by atoms with van der Waals surface area (Å²) in [6, 6.07) is 80.5. The third kappa shape index (κ3) is 5.91. The molecular weight excluding hydrogens is 703 g/mol. The summed E-state index contributed by atoms with van der Waals surface area (Å²) in [6.45, 7) is 0. The van der Waals surface area contributed by atoms with Crippen LogP contribution in [0.3, 0.4) is 0 Å². The number of fused-ring (bicyclic) bond motifs is 5. The lowest BCUT2D eigenvalue weighted by molar-refractivity contribution is 0.669. The van der Waals surface area contributed by atoms with E-state index in [1.165, 1.54) is 60.5 Å². The molecular formula is C56H37NO. The monoisotopic (exact) mass is 739 g/mol. The molecule has 0 saturated carbocycles. The second-order valence-corrected chi connectivity index (χ2v) is 14.9. The van der Waals surface area contributed by atoms with Gasteiger partial charge in [0.2, 0.25) is 0 Å². The van der Waals surface area contributed by atoms with Gasteiger partial charge in [0, 0.05) is 22.1 Å². The van der Waals surface area contributed by atoms with Gasteiger partial charge >= 0.3 is 0 Å². The molecule has 272 valence electrons. The average Bonchev–Trinajstić information content (AvgIpc) is 3.68. The van der Waals surface area contributed by atoms with Crippen LogP contribution in [0, 0.1) is 0 Å². The Bertz CT molecular complexity index is 3250. The van der Waals surface area contributed by atoms with Gasteiger partial charge < -0.3 is 9.32 Å². The van der Waals surface area contributed by atoms with Crippen molar-refractivity contribution in [3.8, 4) is 44.5 Å². The molecule has 0 N–H and O–H groups in total. The molecule has 0 aliphatic heterocycles. The van der Waals surface area contributed by atoms with Crippen molar-refractivity contribution in [3.05, 3.63) is 224 Å². The number of hydrogen-bond donors (Lipinski definition) is 0. The van der Waals surface area contributed by atoms with Crippen molar-refractivity contribution >= 4 is 60.5 Å². The highest BCUT2D eigenvalue weighted by Gasteiger charge is 2.20. The summed E-state index contributed by atoms with van der Waals surface area (Å²) in [5.41, 5.74) is 14.4. The molecule has 1 aromatic heterocycles. The number of para-hydroxylation sites is 1. The predicted octanol–water partition coefficient (Wildman–Crippen LogP) is 16.0. The lowest BCUT2D eigenvalue weighted by Gasteiger charge is -2.26. The lowest BCUT2D eigenvalue weighted by Crippen LogP contribution is -2.10. The SMILES string of the molecule is c1ccc(-c2ccc3oc4c(N(c5ccc(-c6ccc7cccc(-c8ccccc8)c7c6)cc5)c5ccc(-c6cccc7ccccc67)cc5)cccc4c3c2)cc1. The minimum atomic E-state index is 0.855. The van der Waals surface area contributed by atoms with Crippen LogP contribution < -0.4 is 4.90 Å². The van der Waals surface area contributed by atoms with Crippen LogP contribution in [0.25, 0.3) is 88.0 Å². The van der Waals surface area contributed by atoms with Crippen molar-refractivity contribution in [2.45, 2.75) is 0 Å². The molecule has 0 spiro atoms. The van der Waals surface area contributed by atoms with Crippen LogP contribution in [0.4, 0.5) is 17.1 Å². The van der Waals surface area contributed by atoms with E-state index in [1.54, 1.807) is 0 Å². The van der Waals surface area contributed by atoms with E-state index in [1.807, 2.05) is 0 Å². The molecule has 0 radical (unpaired) electrons. The molecule has 0 amide bonds. The molecule has 2 heteroatoms. The summed E-state index contributed by atoms with van der Waals surface area (Å²) in [7, 11) is 0. The van der Waals surface area contributed by atoms with Crippen molar-refractivity contribution in [2.75, 3.05) is 4.90 Å². The first-order valence-corrected chi connectivity index (χ1v) is 19.8. The maximum Gasteiger partial charge on any atom is 0.159 e. The number of hydrogen-bond acceptors (Lipinski definition) is 2. The van der Waals surface area contributed by atoms with Gasteiger partial charge in [-0.2, -0.15) is 0 Å². The molecule has 58 heavy (non-hydrogen) atoms. The maximum atomic E-state index is 6.78. The van der Waals surface area contributed by atoms with Crippen molar-refractivity contribution in [1.82, 2.24) is 0 Å². The zero-order valence-corrected chi connectivity index (χ0v) is 31.7. The first-order valence-electron chi connectivity index (χ1n) is 19.8. The quantitative estimate of drug-likeness (QED) is 0.162. The van der Waals surface area contributed by atoms with Crippen LogP contribution in [-0.4, -0.2) is 0 Å². The molecule has 0 fully saturated rings. The van der Waals surface area contributed by atoms with E-state index in [-0.39, 0.29) is 0 Å². The fourth-order valence-corrected chi connectivity index (χ4v) is 8.59. The zero-order valence-electron chi connectivity index (χ0n) is 31.7. The standard InChI is InChI=1S/C56H37NO/c1-3-12-38(13-4-1)45-30-35-55-53(37-45)51-22-11-23-54(56(51)58-55)57(47-33-28-43(29-34-47)49-20-9-17-41-16-7-8-19-48(41)49)46-31-26-39(27-32-46)44-25-24-42-18-10-21-50(52(42)36-44)40-14-5-2-6-15-40/h1-37H. The molecule has 10 aromatic carbocycles. The Kier molecular flexibility index (Phi) is 8.19. The average molecular weight is 740 g/mol. The van der Waals surface area contributed by atoms with Crippen LogP contribution in [0.5, 0.6) is 0 Å².